The van der Waals surface area contributed by atoms with Gasteiger partial charge in [-0.1, -0.05) is 37.6 Å². The maximum absolute atomic E-state index is 5.80. The number of nitrogens with one attached hydrogen (secondary N) is 1. The van der Waals surface area contributed by atoms with Gasteiger partial charge in [0.05, 0.1) is 17.4 Å². The summed E-state index contributed by atoms with van der Waals surface area (Å²) in [4.78, 5) is 0. The Hall–Kier alpha value is -1.65. The Balaban J connectivity index is 1.86. The van der Waals surface area contributed by atoms with E-state index in [1.54, 1.807) is 0 Å². The summed E-state index contributed by atoms with van der Waals surface area (Å²) in [5.74, 6) is 6.57. The van der Waals surface area contributed by atoms with Crippen molar-refractivity contribution >= 4 is 0 Å². The van der Waals surface area contributed by atoms with Crippen molar-refractivity contribution in [1.29, 1.82) is 0 Å². The third-order valence-corrected chi connectivity index (χ3v) is 4.64. The topological polar surface area (TPSA) is 55.9 Å². The van der Waals surface area contributed by atoms with Gasteiger partial charge in [-0.3, -0.25) is 10.5 Å². The van der Waals surface area contributed by atoms with E-state index < -0.39 is 0 Å². The SMILES string of the molecule is CCc1cc(C(NN)c2ccc(C3CCC3)cc2)n(C)n1. The van der Waals surface area contributed by atoms with Gasteiger partial charge in [-0.15, -0.1) is 0 Å². The van der Waals surface area contributed by atoms with E-state index in [1.165, 1.54) is 30.4 Å². The number of rotatable bonds is 5. The first-order chi connectivity index (χ1) is 10.2. The van der Waals surface area contributed by atoms with Crippen LogP contribution in [0.5, 0.6) is 0 Å². The number of aromatic nitrogens is 2. The third-order valence-electron chi connectivity index (χ3n) is 4.64. The minimum absolute atomic E-state index is 0.0155. The molecule has 0 aliphatic heterocycles. The monoisotopic (exact) mass is 284 g/mol. The van der Waals surface area contributed by atoms with Crippen LogP contribution in [0, 0.1) is 0 Å². The average Bonchev–Trinajstić information content (AvgIpc) is 2.81. The van der Waals surface area contributed by atoms with Gasteiger partial charge in [0.15, 0.2) is 0 Å². The summed E-state index contributed by atoms with van der Waals surface area (Å²) in [6.45, 7) is 2.12. The second kappa shape index (κ2) is 6.00. The molecule has 3 rings (SSSR count). The molecule has 112 valence electrons. The summed E-state index contributed by atoms with van der Waals surface area (Å²) in [5.41, 5.74) is 7.77. The van der Waals surface area contributed by atoms with Gasteiger partial charge in [0.2, 0.25) is 0 Å². The van der Waals surface area contributed by atoms with Crippen molar-refractivity contribution in [3.63, 3.8) is 0 Å². The van der Waals surface area contributed by atoms with Gasteiger partial charge >= 0.3 is 0 Å². The van der Waals surface area contributed by atoms with Crippen LogP contribution in [0.25, 0.3) is 0 Å². The molecule has 4 heteroatoms. The number of hydrazine groups is 1. The summed E-state index contributed by atoms with van der Waals surface area (Å²) < 4.78 is 1.92. The van der Waals surface area contributed by atoms with E-state index in [2.05, 4.69) is 47.8 Å². The molecule has 0 spiro atoms. The molecule has 1 fully saturated rings. The van der Waals surface area contributed by atoms with E-state index in [0.29, 0.717) is 0 Å². The quantitative estimate of drug-likeness (QED) is 0.655. The number of benzene rings is 1. The molecule has 1 atom stereocenters. The molecule has 0 amide bonds. The van der Waals surface area contributed by atoms with Crippen molar-refractivity contribution in [3.8, 4) is 0 Å². The number of hydrogen-bond acceptors (Lipinski definition) is 3. The highest BCUT2D eigenvalue weighted by molar-refractivity contribution is 5.33. The van der Waals surface area contributed by atoms with Crippen LogP contribution >= 0.6 is 0 Å². The summed E-state index contributed by atoms with van der Waals surface area (Å²) in [5, 5.41) is 4.51. The van der Waals surface area contributed by atoms with Crippen molar-refractivity contribution in [2.45, 2.75) is 44.6 Å². The van der Waals surface area contributed by atoms with Crippen LogP contribution < -0.4 is 11.3 Å². The first-order valence-corrected chi connectivity index (χ1v) is 7.81. The third kappa shape index (κ3) is 2.74. The van der Waals surface area contributed by atoms with E-state index in [1.807, 2.05) is 11.7 Å². The summed E-state index contributed by atoms with van der Waals surface area (Å²) in [6, 6.07) is 11.0. The molecule has 2 aromatic rings. The average molecular weight is 284 g/mol. The molecular formula is C17H24N4. The fraction of sp³-hybridized carbons (Fsp3) is 0.471. The van der Waals surface area contributed by atoms with Gasteiger partial charge in [-0.05, 0) is 42.4 Å². The number of nitrogens with zero attached hydrogens (tertiary/aromatic N) is 2. The largest absolute Gasteiger partial charge is 0.271 e. The molecule has 3 N–H and O–H groups in total. The molecule has 21 heavy (non-hydrogen) atoms. The highest BCUT2D eigenvalue weighted by atomic mass is 15.3. The number of hydrogen-bond donors (Lipinski definition) is 2. The molecule has 1 saturated carbocycles. The van der Waals surface area contributed by atoms with Gasteiger partial charge in [-0.2, -0.15) is 5.10 Å². The molecule has 0 radical (unpaired) electrons. The van der Waals surface area contributed by atoms with Crippen molar-refractivity contribution < 1.29 is 0 Å². The van der Waals surface area contributed by atoms with Crippen molar-refractivity contribution in [1.82, 2.24) is 15.2 Å². The van der Waals surface area contributed by atoms with Crippen LogP contribution in [-0.2, 0) is 13.5 Å². The van der Waals surface area contributed by atoms with Gasteiger partial charge in [-0.25, -0.2) is 5.43 Å². The molecule has 0 saturated heterocycles. The minimum Gasteiger partial charge on any atom is -0.271 e. The van der Waals surface area contributed by atoms with Gasteiger partial charge in [0, 0.05) is 7.05 Å². The molecular weight excluding hydrogens is 260 g/mol. The number of nitrogens with two attached hydrogens (primary N) is 1. The predicted molar refractivity (Wildman–Crippen MR) is 84.8 cm³/mol. The van der Waals surface area contributed by atoms with E-state index in [9.17, 15) is 0 Å². The maximum atomic E-state index is 5.80. The lowest BCUT2D eigenvalue weighted by Crippen LogP contribution is -2.30. The minimum atomic E-state index is -0.0155. The fourth-order valence-electron chi connectivity index (χ4n) is 3.04. The zero-order valence-electron chi connectivity index (χ0n) is 12.8. The molecule has 1 aromatic carbocycles. The molecule has 1 aliphatic rings. The van der Waals surface area contributed by atoms with Gasteiger partial charge in [0.1, 0.15) is 0 Å². The number of aryl methyl sites for hydroxylation is 2. The summed E-state index contributed by atoms with van der Waals surface area (Å²) >= 11 is 0. The lowest BCUT2D eigenvalue weighted by molar-refractivity contribution is 0.419. The molecule has 1 heterocycles. The van der Waals surface area contributed by atoms with Crippen molar-refractivity contribution in [2.24, 2.45) is 12.9 Å². The fourth-order valence-corrected chi connectivity index (χ4v) is 3.04. The summed E-state index contributed by atoms with van der Waals surface area (Å²) in [6.07, 6.45) is 4.97. The zero-order valence-corrected chi connectivity index (χ0v) is 12.8. The van der Waals surface area contributed by atoms with Crippen LogP contribution in [-0.4, -0.2) is 9.78 Å². The Morgan fingerprint density at radius 3 is 2.52 bits per heavy atom. The first kappa shape index (κ1) is 14.3. The second-order valence-electron chi connectivity index (χ2n) is 5.93. The van der Waals surface area contributed by atoms with E-state index in [4.69, 9.17) is 5.84 Å². The Labute approximate surface area is 126 Å². The molecule has 1 unspecified atom stereocenters. The van der Waals surface area contributed by atoms with Crippen molar-refractivity contribution in [2.75, 3.05) is 0 Å². The van der Waals surface area contributed by atoms with Crippen LogP contribution in [0.15, 0.2) is 30.3 Å². The standard InChI is InChI=1S/C17H24N4/c1-3-15-11-16(21(2)20-15)17(19-18)14-9-7-13(8-10-14)12-5-4-6-12/h7-12,17,19H,3-6,18H2,1-2H3. The molecule has 1 aromatic heterocycles. The highest BCUT2D eigenvalue weighted by Crippen LogP contribution is 2.36. The van der Waals surface area contributed by atoms with Crippen LogP contribution in [0.2, 0.25) is 0 Å². The zero-order chi connectivity index (χ0) is 14.8. The van der Waals surface area contributed by atoms with E-state index in [0.717, 1.165) is 23.7 Å². The molecule has 0 bridgehead atoms. The first-order valence-electron chi connectivity index (χ1n) is 7.81. The van der Waals surface area contributed by atoms with Gasteiger partial charge in [0.25, 0.3) is 0 Å². The molecule has 1 aliphatic carbocycles. The van der Waals surface area contributed by atoms with Crippen LogP contribution in [0.3, 0.4) is 0 Å². The smallest absolute Gasteiger partial charge is 0.0878 e. The van der Waals surface area contributed by atoms with E-state index in [-0.39, 0.29) is 6.04 Å². The lowest BCUT2D eigenvalue weighted by Gasteiger charge is -2.26. The lowest BCUT2D eigenvalue weighted by atomic mass is 9.80. The predicted octanol–water partition coefficient (Wildman–Crippen LogP) is 2.80. The van der Waals surface area contributed by atoms with Gasteiger partial charge < -0.3 is 0 Å². The maximum Gasteiger partial charge on any atom is 0.0878 e. The van der Waals surface area contributed by atoms with Crippen LogP contribution in [0.1, 0.15) is 60.7 Å². The Kier molecular flexibility index (Phi) is 4.08. The highest BCUT2D eigenvalue weighted by Gasteiger charge is 2.21. The van der Waals surface area contributed by atoms with E-state index >= 15 is 0 Å². The Morgan fingerprint density at radius 2 is 2.05 bits per heavy atom. The van der Waals surface area contributed by atoms with Crippen LogP contribution in [0.4, 0.5) is 0 Å². The van der Waals surface area contributed by atoms with Crippen molar-refractivity contribution in [3.05, 3.63) is 52.8 Å². The second-order valence-corrected chi connectivity index (χ2v) is 5.93. The Bertz CT molecular complexity index is 596. The summed E-state index contributed by atoms with van der Waals surface area (Å²) in [7, 11) is 1.97. The Morgan fingerprint density at radius 1 is 1.33 bits per heavy atom. The molecule has 4 nitrogen and oxygen atoms in total. The normalized spacial score (nSPS) is 16.7.